The summed E-state index contributed by atoms with van der Waals surface area (Å²) in [7, 11) is 0. The molecule has 1 N–H and O–H groups in total. The number of piperidine rings is 1. The maximum atomic E-state index is 12.7. The molecule has 1 saturated heterocycles. The smallest absolute Gasteiger partial charge is 0.227 e. The minimum Gasteiger partial charge on any atom is -0.325 e. The van der Waals surface area contributed by atoms with Gasteiger partial charge in [0.25, 0.3) is 0 Å². The van der Waals surface area contributed by atoms with Crippen molar-refractivity contribution in [3.63, 3.8) is 0 Å². The van der Waals surface area contributed by atoms with Crippen molar-refractivity contribution in [3.05, 3.63) is 59.7 Å². The molecule has 138 valence electrons. The van der Waals surface area contributed by atoms with Crippen LogP contribution in [-0.4, -0.2) is 29.6 Å². The zero-order valence-corrected chi connectivity index (χ0v) is 16.5. The molecule has 0 aromatic heterocycles. The Labute approximate surface area is 161 Å². The van der Waals surface area contributed by atoms with E-state index in [0.29, 0.717) is 0 Å². The maximum absolute atomic E-state index is 12.7. The van der Waals surface area contributed by atoms with E-state index in [-0.39, 0.29) is 11.8 Å². The summed E-state index contributed by atoms with van der Waals surface area (Å²) in [6.07, 6.45) is 1.86. The summed E-state index contributed by atoms with van der Waals surface area (Å²) in [5.74, 6) is 1.29. The molecule has 0 spiro atoms. The standard InChI is InChI=1S/C22H28N2OS/c1-3-26-21-7-5-4-6-20(21)23-22(25)19-12-14-24(15-13-19)16-18-10-8-17(2)9-11-18/h4-11,19H,3,12-16H2,1-2H3,(H,23,25). The molecule has 1 heterocycles. The van der Waals surface area contributed by atoms with Crippen molar-refractivity contribution in [2.45, 2.75) is 38.1 Å². The first-order chi connectivity index (χ1) is 12.7. The Morgan fingerprint density at radius 1 is 1.12 bits per heavy atom. The molecular formula is C22H28N2OS. The third-order valence-electron chi connectivity index (χ3n) is 4.93. The van der Waals surface area contributed by atoms with Crippen LogP contribution in [0, 0.1) is 12.8 Å². The molecule has 26 heavy (non-hydrogen) atoms. The fourth-order valence-corrected chi connectivity index (χ4v) is 4.15. The van der Waals surface area contributed by atoms with Gasteiger partial charge in [0.1, 0.15) is 0 Å². The van der Waals surface area contributed by atoms with Crippen molar-refractivity contribution in [1.29, 1.82) is 0 Å². The lowest BCUT2D eigenvalue weighted by Gasteiger charge is -2.31. The Kier molecular flexibility index (Phi) is 6.75. The fourth-order valence-electron chi connectivity index (χ4n) is 3.39. The van der Waals surface area contributed by atoms with Crippen LogP contribution in [-0.2, 0) is 11.3 Å². The van der Waals surface area contributed by atoms with Crippen LogP contribution in [0.4, 0.5) is 5.69 Å². The molecule has 0 atom stereocenters. The molecule has 1 amide bonds. The number of anilines is 1. The number of amides is 1. The van der Waals surface area contributed by atoms with Gasteiger partial charge in [-0.1, -0.05) is 48.9 Å². The van der Waals surface area contributed by atoms with Crippen LogP contribution >= 0.6 is 11.8 Å². The summed E-state index contributed by atoms with van der Waals surface area (Å²) in [4.78, 5) is 16.3. The van der Waals surface area contributed by atoms with Gasteiger partial charge in [-0.3, -0.25) is 9.69 Å². The van der Waals surface area contributed by atoms with Crippen LogP contribution in [0.15, 0.2) is 53.4 Å². The van der Waals surface area contributed by atoms with Gasteiger partial charge in [0.2, 0.25) is 5.91 Å². The summed E-state index contributed by atoms with van der Waals surface area (Å²) in [5, 5.41) is 3.16. The van der Waals surface area contributed by atoms with E-state index >= 15 is 0 Å². The molecule has 0 aliphatic carbocycles. The summed E-state index contributed by atoms with van der Waals surface area (Å²) in [5.41, 5.74) is 3.60. The van der Waals surface area contributed by atoms with E-state index in [1.54, 1.807) is 11.8 Å². The fraction of sp³-hybridized carbons (Fsp3) is 0.409. The molecule has 0 radical (unpaired) electrons. The molecular weight excluding hydrogens is 340 g/mol. The molecule has 3 nitrogen and oxygen atoms in total. The Hall–Kier alpha value is -1.78. The normalized spacial score (nSPS) is 15.8. The van der Waals surface area contributed by atoms with Gasteiger partial charge >= 0.3 is 0 Å². The van der Waals surface area contributed by atoms with Gasteiger partial charge in [-0.05, 0) is 56.3 Å². The number of benzene rings is 2. The van der Waals surface area contributed by atoms with E-state index in [1.165, 1.54) is 11.1 Å². The second-order valence-electron chi connectivity index (χ2n) is 6.95. The van der Waals surface area contributed by atoms with Crippen molar-refractivity contribution < 1.29 is 4.79 Å². The predicted octanol–water partition coefficient (Wildman–Crippen LogP) is 4.96. The number of likely N-dealkylation sites (tertiary alicyclic amines) is 1. The second kappa shape index (κ2) is 9.24. The van der Waals surface area contributed by atoms with Crippen molar-refractivity contribution >= 4 is 23.4 Å². The molecule has 0 saturated carbocycles. The summed E-state index contributed by atoms with van der Waals surface area (Å²) in [6, 6.07) is 16.8. The molecule has 2 aromatic carbocycles. The van der Waals surface area contributed by atoms with Gasteiger partial charge in [0.15, 0.2) is 0 Å². The highest BCUT2D eigenvalue weighted by Crippen LogP contribution is 2.28. The molecule has 3 rings (SSSR count). The van der Waals surface area contributed by atoms with Crippen molar-refractivity contribution in [2.24, 2.45) is 5.92 Å². The van der Waals surface area contributed by atoms with Gasteiger partial charge in [0.05, 0.1) is 5.69 Å². The number of carbonyl (C=O) groups is 1. The summed E-state index contributed by atoms with van der Waals surface area (Å²) < 4.78 is 0. The molecule has 2 aromatic rings. The van der Waals surface area contributed by atoms with Gasteiger partial charge in [-0.15, -0.1) is 11.8 Å². The van der Waals surface area contributed by atoms with E-state index in [0.717, 1.165) is 48.8 Å². The van der Waals surface area contributed by atoms with Crippen LogP contribution in [0.2, 0.25) is 0 Å². The van der Waals surface area contributed by atoms with E-state index < -0.39 is 0 Å². The van der Waals surface area contributed by atoms with Gasteiger partial charge < -0.3 is 5.32 Å². The third-order valence-corrected chi connectivity index (χ3v) is 5.89. The maximum Gasteiger partial charge on any atom is 0.227 e. The quantitative estimate of drug-likeness (QED) is 0.732. The topological polar surface area (TPSA) is 32.3 Å². The third kappa shape index (κ3) is 5.12. The van der Waals surface area contributed by atoms with E-state index in [9.17, 15) is 4.79 Å². The highest BCUT2D eigenvalue weighted by molar-refractivity contribution is 7.99. The second-order valence-corrected chi connectivity index (χ2v) is 8.26. The number of aryl methyl sites for hydroxylation is 1. The number of hydrogen-bond acceptors (Lipinski definition) is 3. The van der Waals surface area contributed by atoms with E-state index in [1.807, 2.05) is 18.2 Å². The molecule has 1 aliphatic rings. The minimum atomic E-state index is 0.115. The Morgan fingerprint density at radius 3 is 2.50 bits per heavy atom. The number of hydrogen-bond donors (Lipinski definition) is 1. The average molecular weight is 369 g/mol. The first-order valence-corrected chi connectivity index (χ1v) is 10.4. The predicted molar refractivity (Wildman–Crippen MR) is 111 cm³/mol. The van der Waals surface area contributed by atoms with Crippen LogP contribution in [0.1, 0.15) is 30.9 Å². The monoisotopic (exact) mass is 368 g/mol. The van der Waals surface area contributed by atoms with Gasteiger partial charge in [-0.25, -0.2) is 0 Å². The number of para-hydroxylation sites is 1. The van der Waals surface area contributed by atoms with E-state index in [4.69, 9.17) is 0 Å². The zero-order chi connectivity index (χ0) is 18.4. The lowest BCUT2D eigenvalue weighted by Crippen LogP contribution is -2.37. The Morgan fingerprint density at radius 2 is 1.81 bits per heavy atom. The number of thioether (sulfide) groups is 1. The van der Waals surface area contributed by atoms with Gasteiger partial charge in [0, 0.05) is 17.4 Å². The molecule has 0 bridgehead atoms. The van der Waals surface area contributed by atoms with Crippen LogP contribution in [0.25, 0.3) is 0 Å². The van der Waals surface area contributed by atoms with Crippen molar-refractivity contribution in [2.75, 3.05) is 24.2 Å². The number of rotatable bonds is 6. The summed E-state index contributed by atoms with van der Waals surface area (Å²) >= 11 is 1.77. The largest absolute Gasteiger partial charge is 0.325 e. The van der Waals surface area contributed by atoms with Crippen LogP contribution in [0.5, 0.6) is 0 Å². The van der Waals surface area contributed by atoms with Crippen molar-refractivity contribution in [1.82, 2.24) is 4.90 Å². The lowest BCUT2D eigenvalue weighted by atomic mass is 9.95. The highest BCUT2D eigenvalue weighted by atomic mass is 32.2. The number of carbonyl (C=O) groups excluding carboxylic acids is 1. The lowest BCUT2D eigenvalue weighted by molar-refractivity contribution is -0.121. The summed E-state index contributed by atoms with van der Waals surface area (Å²) in [6.45, 7) is 7.19. The van der Waals surface area contributed by atoms with Gasteiger partial charge in [-0.2, -0.15) is 0 Å². The number of nitrogens with one attached hydrogen (secondary N) is 1. The minimum absolute atomic E-state index is 0.115. The van der Waals surface area contributed by atoms with E-state index in [2.05, 4.69) is 54.4 Å². The Balaban J connectivity index is 1.51. The molecule has 1 aliphatic heterocycles. The van der Waals surface area contributed by atoms with Crippen LogP contribution < -0.4 is 5.32 Å². The van der Waals surface area contributed by atoms with Crippen molar-refractivity contribution in [3.8, 4) is 0 Å². The number of nitrogens with zero attached hydrogens (tertiary/aromatic N) is 1. The SMILES string of the molecule is CCSc1ccccc1NC(=O)C1CCN(Cc2ccc(C)cc2)CC1. The highest BCUT2D eigenvalue weighted by Gasteiger charge is 2.25. The molecule has 4 heteroatoms. The molecule has 0 unspecified atom stereocenters. The zero-order valence-electron chi connectivity index (χ0n) is 15.7. The Bertz CT molecular complexity index is 721. The first kappa shape index (κ1) is 19.0. The average Bonchev–Trinajstić information content (AvgIpc) is 2.66. The van der Waals surface area contributed by atoms with Crippen LogP contribution in [0.3, 0.4) is 0 Å². The first-order valence-electron chi connectivity index (χ1n) is 9.46. The molecule has 1 fully saturated rings.